The number of likely N-dealkylation sites (tertiary alicyclic amines) is 1. The summed E-state index contributed by atoms with van der Waals surface area (Å²) in [5, 5.41) is 8.80. The Labute approximate surface area is 128 Å². The highest BCUT2D eigenvalue weighted by Crippen LogP contribution is 2.25. The van der Waals surface area contributed by atoms with E-state index < -0.39 is 0 Å². The number of rotatable bonds is 4. The quantitative estimate of drug-likeness (QED) is 0.892. The van der Waals surface area contributed by atoms with Gasteiger partial charge in [-0.1, -0.05) is 12.1 Å². The fraction of sp³-hybridized carbons (Fsp3) is 0.500. The molecule has 0 atom stereocenters. The van der Waals surface area contributed by atoms with E-state index in [1.54, 1.807) is 0 Å². The number of aliphatic hydroxyl groups is 1. The summed E-state index contributed by atoms with van der Waals surface area (Å²) in [5.41, 5.74) is 1.71. The lowest BCUT2D eigenvalue weighted by molar-refractivity contribution is -0.132. The van der Waals surface area contributed by atoms with Crippen LogP contribution in [-0.4, -0.2) is 45.2 Å². The normalized spacial score (nSPS) is 16.3. The number of H-pyrrole nitrogens is 1. The first-order valence-electron chi connectivity index (χ1n) is 7.78. The molecule has 1 aromatic heterocycles. The highest BCUT2D eigenvalue weighted by molar-refractivity contribution is 5.76. The molecular formula is C16H21N3O3. The number of piperidine rings is 1. The number of carbonyl (C=O) groups excluding carboxylic acids is 1. The number of hydrogen-bond acceptors (Lipinski definition) is 3. The summed E-state index contributed by atoms with van der Waals surface area (Å²) in [4.78, 5) is 28.9. The van der Waals surface area contributed by atoms with Gasteiger partial charge in [-0.15, -0.1) is 0 Å². The van der Waals surface area contributed by atoms with Crippen LogP contribution in [0.1, 0.15) is 31.7 Å². The first kappa shape index (κ1) is 14.8. The molecule has 2 aromatic rings. The first-order valence-corrected chi connectivity index (χ1v) is 7.78. The zero-order chi connectivity index (χ0) is 15.5. The second-order valence-electron chi connectivity index (χ2n) is 5.76. The van der Waals surface area contributed by atoms with Crippen molar-refractivity contribution in [2.24, 2.45) is 0 Å². The molecule has 6 nitrogen and oxygen atoms in total. The van der Waals surface area contributed by atoms with E-state index in [9.17, 15) is 9.59 Å². The number of nitrogens with one attached hydrogen (secondary N) is 1. The Balaban J connectivity index is 1.72. The summed E-state index contributed by atoms with van der Waals surface area (Å²) in [7, 11) is 0. The average molecular weight is 303 g/mol. The molecule has 1 saturated heterocycles. The fourth-order valence-corrected chi connectivity index (χ4v) is 3.20. The van der Waals surface area contributed by atoms with Gasteiger partial charge in [-0.05, 0) is 31.4 Å². The van der Waals surface area contributed by atoms with E-state index in [0.717, 1.165) is 23.9 Å². The van der Waals surface area contributed by atoms with Gasteiger partial charge in [0.1, 0.15) is 0 Å². The third kappa shape index (κ3) is 2.78. The Morgan fingerprint density at radius 2 is 2.00 bits per heavy atom. The number of imidazole rings is 1. The lowest BCUT2D eigenvalue weighted by Crippen LogP contribution is -2.40. The van der Waals surface area contributed by atoms with Crippen molar-refractivity contribution in [3.8, 4) is 0 Å². The van der Waals surface area contributed by atoms with Gasteiger partial charge in [0, 0.05) is 32.2 Å². The van der Waals surface area contributed by atoms with Crippen molar-refractivity contribution in [1.29, 1.82) is 0 Å². The predicted octanol–water partition coefficient (Wildman–Crippen LogP) is 1.27. The van der Waals surface area contributed by atoms with Crippen molar-refractivity contribution in [1.82, 2.24) is 14.5 Å². The maximum atomic E-state index is 12.2. The van der Waals surface area contributed by atoms with E-state index in [1.807, 2.05) is 33.7 Å². The van der Waals surface area contributed by atoms with Crippen LogP contribution in [0.3, 0.4) is 0 Å². The molecule has 1 aliphatic rings. The largest absolute Gasteiger partial charge is 0.396 e. The van der Waals surface area contributed by atoms with Crippen molar-refractivity contribution in [3.05, 3.63) is 34.7 Å². The van der Waals surface area contributed by atoms with E-state index in [1.165, 1.54) is 0 Å². The Kier molecular flexibility index (Phi) is 4.29. The van der Waals surface area contributed by atoms with Crippen LogP contribution >= 0.6 is 0 Å². The molecule has 1 fully saturated rings. The van der Waals surface area contributed by atoms with Crippen molar-refractivity contribution in [2.45, 2.75) is 31.7 Å². The number of carbonyl (C=O) groups is 1. The summed E-state index contributed by atoms with van der Waals surface area (Å²) >= 11 is 0. The van der Waals surface area contributed by atoms with Gasteiger partial charge in [-0.3, -0.25) is 9.36 Å². The van der Waals surface area contributed by atoms with Crippen molar-refractivity contribution >= 4 is 16.9 Å². The Hall–Kier alpha value is -2.08. The van der Waals surface area contributed by atoms with Crippen LogP contribution in [0.5, 0.6) is 0 Å². The van der Waals surface area contributed by atoms with Crippen LogP contribution in [-0.2, 0) is 4.79 Å². The van der Waals surface area contributed by atoms with E-state index in [4.69, 9.17) is 5.11 Å². The predicted molar refractivity (Wildman–Crippen MR) is 83.7 cm³/mol. The number of para-hydroxylation sites is 2. The van der Waals surface area contributed by atoms with Crippen LogP contribution in [0.4, 0.5) is 0 Å². The highest BCUT2D eigenvalue weighted by atomic mass is 16.3. The molecule has 1 aliphatic heterocycles. The Morgan fingerprint density at radius 3 is 2.73 bits per heavy atom. The molecule has 118 valence electrons. The van der Waals surface area contributed by atoms with Gasteiger partial charge < -0.3 is 15.0 Å². The molecule has 1 amide bonds. The Morgan fingerprint density at radius 1 is 1.27 bits per heavy atom. The molecule has 2 N–H and O–H groups in total. The molecule has 22 heavy (non-hydrogen) atoms. The van der Waals surface area contributed by atoms with Gasteiger partial charge in [0.2, 0.25) is 5.91 Å². The number of aliphatic hydroxyl groups excluding tert-OH is 1. The van der Waals surface area contributed by atoms with Gasteiger partial charge >= 0.3 is 5.69 Å². The highest BCUT2D eigenvalue weighted by Gasteiger charge is 2.25. The van der Waals surface area contributed by atoms with Crippen molar-refractivity contribution in [3.63, 3.8) is 0 Å². The number of amides is 1. The van der Waals surface area contributed by atoms with E-state index in [0.29, 0.717) is 25.9 Å². The number of aromatic amines is 1. The molecular weight excluding hydrogens is 282 g/mol. The number of fused-ring (bicyclic) bond motifs is 1. The number of aromatic nitrogens is 2. The average Bonchev–Trinajstić information content (AvgIpc) is 2.88. The Bertz CT molecular complexity index is 711. The lowest BCUT2D eigenvalue weighted by Gasteiger charge is -2.32. The molecule has 0 radical (unpaired) electrons. The second-order valence-corrected chi connectivity index (χ2v) is 5.76. The number of nitrogens with zero attached hydrogens (tertiary/aromatic N) is 2. The minimum absolute atomic E-state index is 0.0485. The van der Waals surface area contributed by atoms with Crippen molar-refractivity contribution in [2.75, 3.05) is 19.7 Å². The van der Waals surface area contributed by atoms with E-state index in [-0.39, 0.29) is 24.2 Å². The first-order chi connectivity index (χ1) is 10.7. The van der Waals surface area contributed by atoms with Gasteiger partial charge in [0.25, 0.3) is 0 Å². The van der Waals surface area contributed by atoms with Crippen molar-refractivity contribution < 1.29 is 9.90 Å². The van der Waals surface area contributed by atoms with Crippen LogP contribution in [0.2, 0.25) is 0 Å². The van der Waals surface area contributed by atoms with Gasteiger partial charge in [-0.25, -0.2) is 4.79 Å². The molecule has 2 heterocycles. The molecule has 0 unspecified atom stereocenters. The lowest BCUT2D eigenvalue weighted by atomic mass is 10.0. The summed E-state index contributed by atoms with van der Waals surface area (Å²) < 4.78 is 1.82. The number of benzene rings is 1. The van der Waals surface area contributed by atoms with Crippen LogP contribution in [0.25, 0.3) is 11.0 Å². The topological polar surface area (TPSA) is 78.3 Å². The summed E-state index contributed by atoms with van der Waals surface area (Å²) in [6.07, 6.45) is 2.48. The molecule has 0 spiro atoms. The van der Waals surface area contributed by atoms with Crippen LogP contribution < -0.4 is 5.69 Å². The molecule has 0 aliphatic carbocycles. The summed E-state index contributed by atoms with van der Waals surface area (Å²) in [6.45, 7) is 1.38. The molecule has 0 bridgehead atoms. The molecule has 1 aromatic carbocycles. The monoisotopic (exact) mass is 303 g/mol. The zero-order valence-electron chi connectivity index (χ0n) is 12.5. The fourth-order valence-electron chi connectivity index (χ4n) is 3.20. The smallest absolute Gasteiger partial charge is 0.326 e. The minimum Gasteiger partial charge on any atom is -0.396 e. The van der Waals surface area contributed by atoms with Crippen LogP contribution in [0.15, 0.2) is 29.1 Å². The van der Waals surface area contributed by atoms with Gasteiger partial charge in [0.05, 0.1) is 11.0 Å². The second kappa shape index (κ2) is 6.36. The molecule has 6 heteroatoms. The third-order valence-electron chi connectivity index (χ3n) is 4.36. The zero-order valence-corrected chi connectivity index (χ0v) is 12.5. The van der Waals surface area contributed by atoms with E-state index >= 15 is 0 Å². The van der Waals surface area contributed by atoms with Gasteiger partial charge in [0.15, 0.2) is 0 Å². The molecule has 0 saturated carbocycles. The maximum absolute atomic E-state index is 12.2. The van der Waals surface area contributed by atoms with Crippen LogP contribution in [0, 0.1) is 0 Å². The third-order valence-corrected chi connectivity index (χ3v) is 4.36. The minimum atomic E-state index is -0.0775. The molecule has 3 rings (SSSR count). The number of hydrogen-bond donors (Lipinski definition) is 2. The SMILES string of the molecule is O=C(CCCO)N1CCC(n2c(=O)[nH]c3ccccc32)CC1. The standard InChI is InChI=1S/C16H21N3O3/c20-11-3-6-15(21)18-9-7-12(8-10-18)19-14-5-2-1-4-13(14)17-16(19)22/h1-2,4-5,12,20H,3,6-11H2,(H,17,22). The summed E-state index contributed by atoms with van der Waals surface area (Å²) in [5.74, 6) is 0.0961. The van der Waals surface area contributed by atoms with E-state index in [2.05, 4.69) is 4.98 Å². The van der Waals surface area contributed by atoms with Gasteiger partial charge in [-0.2, -0.15) is 0 Å². The summed E-state index contributed by atoms with van der Waals surface area (Å²) in [6, 6.07) is 7.82. The maximum Gasteiger partial charge on any atom is 0.326 e.